The van der Waals surface area contributed by atoms with Gasteiger partial charge in [-0.25, -0.2) is 0 Å². The third kappa shape index (κ3) is 1.44. The number of carbonyl (C=O) groups is 1. The summed E-state index contributed by atoms with van der Waals surface area (Å²) in [6.07, 6.45) is 0. The molecule has 4 nitrogen and oxygen atoms in total. The van der Waals surface area contributed by atoms with E-state index in [0.717, 1.165) is 0 Å². The Balaban J connectivity index is 2.77. The molecule has 1 aliphatic rings. The number of hydrogen-bond donors (Lipinski definition) is 2. The molecule has 70 valence electrons. The van der Waals surface area contributed by atoms with Crippen molar-refractivity contribution < 1.29 is 4.79 Å². The minimum absolute atomic E-state index is 0.0119. The van der Waals surface area contributed by atoms with Gasteiger partial charge in [0.05, 0.1) is 0 Å². The van der Waals surface area contributed by atoms with E-state index in [2.05, 4.69) is 19.2 Å². The number of piperazine rings is 1. The number of nitrogens with one attached hydrogen (secondary N) is 1. The molecule has 1 rings (SSSR count). The number of nitrogens with two attached hydrogens (primary N) is 1. The first-order valence-corrected chi connectivity index (χ1v) is 4.20. The summed E-state index contributed by atoms with van der Waals surface area (Å²) in [5.74, 6) is 0.0410. The Morgan fingerprint density at radius 1 is 1.75 bits per heavy atom. The molecule has 0 radical (unpaired) electrons. The Labute approximate surface area is 73.1 Å². The highest BCUT2D eigenvalue weighted by Gasteiger charge is 2.37. The van der Waals surface area contributed by atoms with E-state index < -0.39 is 0 Å². The van der Waals surface area contributed by atoms with Crippen molar-refractivity contribution in [1.29, 1.82) is 0 Å². The highest BCUT2D eigenvalue weighted by molar-refractivity contribution is 5.83. The Kier molecular flexibility index (Phi) is 2.39. The Morgan fingerprint density at radius 3 is 2.75 bits per heavy atom. The van der Waals surface area contributed by atoms with E-state index in [9.17, 15) is 4.79 Å². The number of nitrogens with zero attached hydrogens (tertiary/aromatic N) is 1. The van der Waals surface area contributed by atoms with E-state index in [1.165, 1.54) is 0 Å². The summed E-state index contributed by atoms with van der Waals surface area (Å²) < 4.78 is 0. The molecule has 0 aromatic carbocycles. The van der Waals surface area contributed by atoms with Crippen LogP contribution in [-0.2, 0) is 4.79 Å². The Bertz CT molecular complexity index is 191. The molecule has 1 saturated heterocycles. The first-order chi connectivity index (χ1) is 5.49. The standard InChI is InChI=1S/C8H17N3O/c1-8(2)5-10-7(12)6(4-9)11(8)3/h6H,4-5,9H2,1-3H3,(H,10,12). The average Bonchev–Trinajstić information content (AvgIpc) is 2.00. The van der Waals surface area contributed by atoms with Crippen LogP contribution in [0.25, 0.3) is 0 Å². The van der Waals surface area contributed by atoms with Crippen molar-refractivity contribution in [2.24, 2.45) is 5.73 Å². The zero-order valence-electron chi connectivity index (χ0n) is 7.92. The average molecular weight is 171 g/mol. The van der Waals surface area contributed by atoms with Crippen LogP contribution in [0.1, 0.15) is 13.8 Å². The lowest BCUT2D eigenvalue weighted by Crippen LogP contribution is -2.65. The van der Waals surface area contributed by atoms with E-state index in [1.807, 2.05) is 11.9 Å². The van der Waals surface area contributed by atoms with Gasteiger partial charge in [0.2, 0.25) is 5.91 Å². The smallest absolute Gasteiger partial charge is 0.238 e. The molecule has 1 unspecified atom stereocenters. The molecule has 3 N–H and O–H groups in total. The van der Waals surface area contributed by atoms with Crippen molar-refractivity contribution in [3.63, 3.8) is 0 Å². The van der Waals surface area contributed by atoms with Gasteiger partial charge in [-0.2, -0.15) is 0 Å². The summed E-state index contributed by atoms with van der Waals surface area (Å²) in [6, 6.07) is -0.172. The third-order valence-electron chi connectivity index (χ3n) is 2.64. The van der Waals surface area contributed by atoms with Crippen molar-refractivity contribution in [3.8, 4) is 0 Å². The summed E-state index contributed by atoms with van der Waals surface area (Å²) in [7, 11) is 1.94. The van der Waals surface area contributed by atoms with Crippen LogP contribution in [0.3, 0.4) is 0 Å². The van der Waals surface area contributed by atoms with Gasteiger partial charge in [0.15, 0.2) is 0 Å². The molecular weight excluding hydrogens is 154 g/mol. The third-order valence-corrected chi connectivity index (χ3v) is 2.64. The first-order valence-electron chi connectivity index (χ1n) is 4.20. The zero-order valence-corrected chi connectivity index (χ0v) is 7.92. The lowest BCUT2D eigenvalue weighted by atomic mass is 9.97. The fourth-order valence-electron chi connectivity index (χ4n) is 1.41. The lowest BCUT2D eigenvalue weighted by molar-refractivity contribution is -0.132. The fraction of sp³-hybridized carbons (Fsp3) is 0.875. The van der Waals surface area contributed by atoms with Crippen LogP contribution in [0.2, 0.25) is 0 Å². The van der Waals surface area contributed by atoms with E-state index in [0.29, 0.717) is 13.1 Å². The van der Waals surface area contributed by atoms with Crippen LogP contribution in [-0.4, -0.2) is 42.5 Å². The van der Waals surface area contributed by atoms with Gasteiger partial charge in [-0.3, -0.25) is 9.69 Å². The molecule has 0 saturated carbocycles. The second-order valence-corrected chi connectivity index (χ2v) is 3.89. The molecule has 4 heteroatoms. The van der Waals surface area contributed by atoms with Crippen molar-refractivity contribution in [3.05, 3.63) is 0 Å². The molecule has 0 aromatic rings. The molecule has 1 aliphatic heterocycles. The number of rotatable bonds is 1. The summed E-state index contributed by atoms with van der Waals surface area (Å²) >= 11 is 0. The maximum Gasteiger partial charge on any atom is 0.238 e. The minimum atomic E-state index is -0.172. The number of hydrogen-bond acceptors (Lipinski definition) is 3. The number of carbonyl (C=O) groups excluding carboxylic acids is 1. The van der Waals surface area contributed by atoms with E-state index in [1.54, 1.807) is 0 Å². The van der Waals surface area contributed by atoms with E-state index in [4.69, 9.17) is 5.73 Å². The van der Waals surface area contributed by atoms with Crippen LogP contribution in [0, 0.1) is 0 Å². The molecule has 1 fully saturated rings. The van der Waals surface area contributed by atoms with Crippen LogP contribution in [0.4, 0.5) is 0 Å². The van der Waals surface area contributed by atoms with Crippen molar-refractivity contribution in [1.82, 2.24) is 10.2 Å². The van der Waals surface area contributed by atoms with E-state index >= 15 is 0 Å². The zero-order chi connectivity index (χ0) is 9.35. The minimum Gasteiger partial charge on any atom is -0.353 e. The predicted octanol–water partition coefficient (Wildman–Crippen LogP) is -0.846. The van der Waals surface area contributed by atoms with Gasteiger partial charge in [-0.15, -0.1) is 0 Å². The van der Waals surface area contributed by atoms with Gasteiger partial charge >= 0.3 is 0 Å². The molecule has 0 aromatic heterocycles. The molecule has 12 heavy (non-hydrogen) atoms. The lowest BCUT2D eigenvalue weighted by Gasteiger charge is -2.44. The second-order valence-electron chi connectivity index (χ2n) is 3.89. The fourth-order valence-corrected chi connectivity index (χ4v) is 1.41. The summed E-state index contributed by atoms with van der Waals surface area (Å²) in [5, 5.41) is 2.84. The summed E-state index contributed by atoms with van der Waals surface area (Å²) in [6.45, 7) is 5.26. The van der Waals surface area contributed by atoms with Gasteiger partial charge < -0.3 is 11.1 Å². The maximum absolute atomic E-state index is 11.3. The molecule has 0 bridgehead atoms. The van der Waals surface area contributed by atoms with Crippen LogP contribution in [0.5, 0.6) is 0 Å². The largest absolute Gasteiger partial charge is 0.353 e. The molecule has 1 heterocycles. The quantitative estimate of drug-likeness (QED) is 0.540. The second kappa shape index (κ2) is 3.03. The predicted molar refractivity (Wildman–Crippen MR) is 47.7 cm³/mol. The van der Waals surface area contributed by atoms with Gasteiger partial charge in [0.25, 0.3) is 0 Å². The first kappa shape index (κ1) is 9.48. The Hall–Kier alpha value is -0.610. The number of amides is 1. The van der Waals surface area contributed by atoms with Crippen molar-refractivity contribution >= 4 is 5.91 Å². The normalized spacial score (nSPS) is 30.0. The molecule has 0 spiro atoms. The molecule has 1 atom stereocenters. The van der Waals surface area contributed by atoms with Gasteiger partial charge in [-0.1, -0.05) is 0 Å². The van der Waals surface area contributed by atoms with Gasteiger partial charge in [0, 0.05) is 18.6 Å². The SMILES string of the molecule is CN1C(CN)C(=O)NCC1(C)C. The van der Waals surface area contributed by atoms with E-state index in [-0.39, 0.29) is 17.5 Å². The Morgan fingerprint density at radius 2 is 2.33 bits per heavy atom. The van der Waals surface area contributed by atoms with Crippen LogP contribution in [0.15, 0.2) is 0 Å². The van der Waals surface area contributed by atoms with Gasteiger partial charge in [0.1, 0.15) is 6.04 Å². The van der Waals surface area contributed by atoms with Crippen molar-refractivity contribution in [2.75, 3.05) is 20.1 Å². The highest BCUT2D eigenvalue weighted by atomic mass is 16.2. The summed E-state index contributed by atoms with van der Waals surface area (Å²) in [5.41, 5.74) is 5.51. The summed E-state index contributed by atoms with van der Waals surface area (Å²) in [4.78, 5) is 13.3. The monoisotopic (exact) mass is 171 g/mol. The topological polar surface area (TPSA) is 58.4 Å². The van der Waals surface area contributed by atoms with Crippen LogP contribution < -0.4 is 11.1 Å². The van der Waals surface area contributed by atoms with Crippen LogP contribution >= 0.6 is 0 Å². The van der Waals surface area contributed by atoms with Gasteiger partial charge in [-0.05, 0) is 20.9 Å². The number of likely N-dealkylation sites (N-methyl/N-ethyl adjacent to an activating group) is 1. The molecular formula is C8H17N3O. The highest BCUT2D eigenvalue weighted by Crippen LogP contribution is 2.17. The maximum atomic E-state index is 11.3. The molecule has 1 amide bonds. The van der Waals surface area contributed by atoms with Crippen molar-refractivity contribution in [2.45, 2.75) is 25.4 Å². The molecule has 0 aliphatic carbocycles.